The SMILES string of the molecule is CC(C)(CNC(=O)CCc1ccco1)N1CCOCC1. The van der Waals surface area contributed by atoms with E-state index in [0.717, 1.165) is 32.1 Å². The van der Waals surface area contributed by atoms with E-state index < -0.39 is 0 Å². The molecule has 2 rings (SSSR count). The smallest absolute Gasteiger partial charge is 0.220 e. The summed E-state index contributed by atoms with van der Waals surface area (Å²) in [4.78, 5) is 14.2. The van der Waals surface area contributed by atoms with Gasteiger partial charge < -0.3 is 14.5 Å². The minimum atomic E-state index is -0.0376. The molecule has 5 heteroatoms. The van der Waals surface area contributed by atoms with Gasteiger partial charge >= 0.3 is 0 Å². The molecule has 1 fully saturated rings. The van der Waals surface area contributed by atoms with E-state index in [0.29, 0.717) is 19.4 Å². The Morgan fingerprint density at radius 3 is 2.80 bits per heavy atom. The maximum absolute atomic E-state index is 11.9. The van der Waals surface area contributed by atoms with Gasteiger partial charge in [0.1, 0.15) is 5.76 Å². The summed E-state index contributed by atoms with van der Waals surface area (Å²) >= 11 is 0. The van der Waals surface area contributed by atoms with Gasteiger partial charge in [0.15, 0.2) is 0 Å². The molecule has 1 N–H and O–H groups in total. The van der Waals surface area contributed by atoms with Gasteiger partial charge in [-0.1, -0.05) is 0 Å². The van der Waals surface area contributed by atoms with E-state index in [2.05, 4.69) is 24.1 Å². The minimum absolute atomic E-state index is 0.0376. The number of amides is 1. The van der Waals surface area contributed by atoms with Gasteiger partial charge in [0, 0.05) is 38.0 Å². The zero-order valence-electron chi connectivity index (χ0n) is 12.4. The Hall–Kier alpha value is -1.33. The van der Waals surface area contributed by atoms with Crippen molar-refractivity contribution in [3.05, 3.63) is 24.2 Å². The van der Waals surface area contributed by atoms with Crippen molar-refractivity contribution in [1.82, 2.24) is 10.2 Å². The van der Waals surface area contributed by atoms with Gasteiger partial charge in [0.2, 0.25) is 5.91 Å². The molecular formula is C15H24N2O3. The van der Waals surface area contributed by atoms with E-state index in [1.54, 1.807) is 6.26 Å². The lowest BCUT2D eigenvalue weighted by Crippen LogP contribution is -2.55. The Kier molecular flexibility index (Phi) is 5.20. The van der Waals surface area contributed by atoms with E-state index in [-0.39, 0.29) is 11.4 Å². The van der Waals surface area contributed by atoms with Gasteiger partial charge in [0.25, 0.3) is 0 Å². The summed E-state index contributed by atoms with van der Waals surface area (Å²) in [6.07, 6.45) is 2.75. The Labute approximate surface area is 120 Å². The average Bonchev–Trinajstić information content (AvgIpc) is 2.97. The van der Waals surface area contributed by atoms with Crippen molar-refractivity contribution in [2.24, 2.45) is 0 Å². The standard InChI is InChI=1S/C15H24N2O3/c1-15(2,17-7-10-19-11-8-17)12-16-14(18)6-5-13-4-3-9-20-13/h3-4,9H,5-8,10-12H2,1-2H3,(H,16,18). The van der Waals surface area contributed by atoms with Gasteiger partial charge in [-0.25, -0.2) is 0 Å². The van der Waals surface area contributed by atoms with E-state index in [9.17, 15) is 4.79 Å². The van der Waals surface area contributed by atoms with Crippen LogP contribution < -0.4 is 5.32 Å². The Bertz CT molecular complexity index is 409. The topological polar surface area (TPSA) is 54.7 Å². The molecular weight excluding hydrogens is 256 g/mol. The van der Waals surface area contributed by atoms with E-state index >= 15 is 0 Å². The number of hydrogen-bond acceptors (Lipinski definition) is 4. The molecule has 20 heavy (non-hydrogen) atoms. The Morgan fingerprint density at radius 1 is 1.40 bits per heavy atom. The highest BCUT2D eigenvalue weighted by Gasteiger charge is 2.28. The first-order valence-electron chi connectivity index (χ1n) is 7.20. The van der Waals surface area contributed by atoms with Crippen LogP contribution in [0.5, 0.6) is 0 Å². The maximum atomic E-state index is 11.9. The third-order valence-electron chi connectivity index (χ3n) is 3.76. The third kappa shape index (κ3) is 4.35. The summed E-state index contributed by atoms with van der Waals surface area (Å²) in [6, 6.07) is 3.74. The highest BCUT2D eigenvalue weighted by atomic mass is 16.5. The molecule has 1 aliphatic rings. The van der Waals surface area contributed by atoms with Crippen LogP contribution in [0, 0.1) is 0 Å². The quantitative estimate of drug-likeness (QED) is 0.856. The number of furan rings is 1. The summed E-state index contributed by atoms with van der Waals surface area (Å²) in [5.41, 5.74) is -0.0376. The van der Waals surface area contributed by atoms with E-state index in [1.807, 2.05) is 12.1 Å². The van der Waals surface area contributed by atoms with Crippen molar-refractivity contribution in [2.75, 3.05) is 32.8 Å². The molecule has 1 aromatic rings. The fourth-order valence-corrected chi connectivity index (χ4v) is 2.38. The Balaban J connectivity index is 1.71. The molecule has 5 nitrogen and oxygen atoms in total. The third-order valence-corrected chi connectivity index (χ3v) is 3.76. The fraction of sp³-hybridized carbons (Fsp3) is 0.667. The predicted octanol–water partition coefficient (Wildman–Crippen LogP) is 1.44. The molecule has 0 spiro atoms. The highest BCUT2D eigenvalue weighted by molar-refractivity contribution is 5.76. The van der Waals surface area contributed by atoms with Gasteiger partial charge in [-0.05, 0) is 26.0 Å². The van der Waals surface area contributed by atoms with Gasteiger partial charge in [-0.2, -0.15) is 0 Å². The zero-order valence-corrected chi connectivity index (χ0v) is 12.4. The first kappa shape index (κ1) is 15.1. The summed E-state index contributed by atoms with van der Waals surface area (Å²) < 4.78 is 10.6. The predicted molar refractivity (Wildman–Crippen MR) is 76.5 cm³/mol. The molecule has 0 saturated carbocycles. The summed E-state index contributed by atoms with van der Waals surface area (Å²) in [5, 5.41) is 3.02. The highest BCUT2D eigenvalue weighted by Crippen LogP contribution is 2.15. The van der Waals surface area contributed by atoms with Crippen LogP contribution >= 0.6 is 0 Å². The molecule has 0 aliphatic carbocycles. The first-order chi connectivity index (χ1) is 9.58. The lowest BCUT2D eigenvalue weighted by Gasteiger charge is -2.40. The lowest BCUT2D eigenvalue weighted by molar-refractivity contribution is -0.121. The molecule has 0 aromatic carbocycles. The van der Waals surface area contributed by atoms with Crippen LogP contribution in [0.2, 0.25) is 0 Å². The number of aryl methyl sites for hydroxylation is 1. The molecule has 1 amide bonds. The molecule has 1 aliphatic heterocycles. The molecule has 0 unspecified atom stereocenters. The van der Waals surface area contributed by atoms with E-state index in [4.69, 9.17) is 9.15 Å². The fourth-order valence-electron chi connectivity index (χ4n) is 2.38. The number of ether oxygens (including phenoxy) is 1. The second kappa shape index (κ2) is 6.90. The number of morpholine rings is 1. The second-order valence-corrected chi connectivity index (χ2v) is 5.77. The van der Waals surface area contributed by atoms with Crippen molar-refractivity contribution in [3.63, 3.8) is 0 Å². The van der Waals surface area contributed by atoms with Crippen molar-refractivity contribution in [2.45, 2.75) is 32.2 Å². The number of carbonyl (C=O) groups is 1. The van der Waals surface area contributed by atoms with Crippen LogP contribution in [0.4, 0.5) is 0 Å². The van der Waals surface area contributed by atoms with Crippen LogP contribution in [0.1, 0.15) is 26.0 Å². The second-order valence-electron chi connectivity index (χ2n) is 5.77. The van der Waals surface area contributed by atoms with Crippen LogP contribution in [0.15, 0.2) is 22.8 Å². The normalized spacial score (nSPS) is 17.1. The largest absolute Gasteiger partial charge is 0.469 e. The Morgan fingerprint density at radius 2 is 2.15 bits per heavy atom. The van der Waals surface area contributed by atoms with Crippen molar-refractivity contribution in [3.8, 4) is 0 Å². The van der Waals surface area contributed by atoms with Crippen LogP contribution in [0.25, 0.3) is 0 Å². The lowest BCUT2D eigenvalue weighted by atomic mass is 10.0. The van der Waals surface area contributed by atoms with Gasteiger partial charge in [-0.3, -0.25) is 9.69 Å². The van der Waals surface area contributed by atoms with Crippen molar-refractivity contribution in [1.29, 1.82) is 0 Å². The molecule has 2 heterocycles. The van der Waals surface area contributed by atoms with Crippen molar-refractivity contribution < 1.29 is 13.9 Å². The molecule has 0 bridgehead atoms. The minimum Gasteiger partial charge on any atom is -0.469 e. The zero-order chi connectivity index (χ0) is 14.4. The van der Waals surface area contributed by atoms with Crippen molar-refractivity contribution >= 4 is 5.91 Å². The van der Waals surface area contributed by atoms with Gasteiger partial charge in [-0.15, -0.1) is 0 Å². The summed E-state index contributed by atoms with van der Waals surface area (Å²) in [7, 11) is 0. The maximum Gasteiger partial charge on any atom is 0.220 e. The van der Waals surface area contributed by atoms with E-state index in [1.165, 1.54) is 0 Å². The molecule has 112 valence electrons. The summed E-state index contributed by atoms with van der Waals surface area (Å²) in [6.45, 7) is 8.37. The molecule has 0 radical (unpaired) electrons. The number of rotatable bonds is 6. The summed E-state index contributed by atoms with van der Waals surface area (Å²) in [5.74, 6) is 0.926. The number of hydrogen-bond donors (Lipinski definition) is 1. The number of nitrogens with one attached hydrogen (secondary N) is 1. The van der Waals surface area contributed by atoms with Crippen LogP contribution in [-0.4, -0.2) is 49.2 Å². The average molecular weight is 280 g/mol. The van der Waals surface area contributed by atoms with Crippen LogP contribution in [-0.2, 0) is 16.0 Å². The number of nitrogens with zero attached hydrogens (tertiary/aromatic N) is 1. The number of carbonyl (C=O) groups excluding carboxylic acids is 1. The van der Waals surface area contributed by atoms with Crippen LogP contribution in [0.3, 0.4) is 0 Å². The van der Waals surface area contributed by atoms with Gasteiger partial charge in [0.05, 0.1) is 19.5 Å². The molecule has 1 saturated heterocycles. The first-order valence-corrected chi connectivity index (χ1v) is 7.20. The molecule has 1 aromatic heterocycles. The molecule has 0 atom stereocenters. The monoisotopic (exact) mass is 280 g/mol.